The van der Waals surface area contributed by atoms with Gasteiger partial charge in [0.25, 0.3) is 5.91 Å². The third-order valence-corrected chi connectivity index (χ3v) is 3.70. The molecule has 3 heterocycles. The molecule has 5 heteroatoms. The van der Waals surface area contributed by atoms with Crippen molar-refractivity contribution in [1.29, 1.82) is 0 Å². The number of carbonyl (C=O) groups is 1. The Balaban J connectivity index is 1.64. The molecule has 0 bridgehead atoms. The predicted octanol–water partition coefficient (Wildman–Crippen LogP) is 1.38. The van der Waals surface area contributed by atoms with E-state index in [1.54, 1.807) is 6.20 Å². The number of rotatable bonds is 2. The van der Waals surface area contributed by atoms with Gasteiger partial charge in [0, 0.05) is 45.6 Å². The largest absolute Gasteiger partial charge is 0.353 e. The summed E-state index contributed by atoms with van der Waals surface area (Å²) in [6.07, 6.45) is 3.70. The van der Waals surface area contributed by atoms with Gasteiger partial charge in [-0.3, -0.25) is 4.79 Å². The highest BCUT2D eigenvalue weighted by Gasteiger charge is 2.23. The molecule has 0 aliphatic carbocycles. The highest BCUT2D eigenvalue weighted by Crippen LogP contribution is 2.14. The molecule has 20 heavy (non-hydrogen) atoms. The summed E-state index contributed by atoms with van der Waals surface area (Å²) in [7, 11) is 1.90. The molecule has 1 amide bonds. The highest BCUT2D eigenvalue weighted by atomic mass is 16.2. The lowest BCUT2D eigenvalue weighted by molar-refractivity contribution is 0.0737. The van der Waals surface area contributed by atoms with Crippen LogP contribution in [0.4, 0.5) is 5.82 Å². The van der Waals surface area contributed by atoms with E-state index in [1.807, 2.05) is 53.0 Å². The molecule has 0 atom stereocenters. The number of anilines is 1. The molecule has 104 valence electrons. The lowest BCUT2D eigenvalue weighted by Crippen LogP contribution is -2.49. The van der Waals surface area contributed by atoms with Crippen LogP contribution >= 0.6 is 0 Å². The number of hydrogen-bond acceptors (Lipinski definition) is 3. The smallest absolute Gasteiger partial charge is 0.270 e. The van der Waals surface area contributed by atoms with Crippen LogP contribution in [0.1, 0.15) is 10.5 Å². The van der Waals surface area contributed by atoms with E-state index in [4.69, 9.17) is 0 Å². The maximum atomic E-state index is 12.4. The molecule has 1 aliphatic heterocycles. The van der Waals surface area contributed by atoms with Gasteiger partial charge in [-0.05, 0) is 24.3 Å². The first-order chi connectivity index (χ1) is 9.75. The zero-order valence-corrected chi connectivity index (χ0v) is 11.6. The lowest BCUT2D eigenvalue weighted by atomic mass is 10.2. The number of aryl methyl sites for hydroxylation is 1. The molecule has 0 radical (unpaired) electrons. The van der Waals surface area contributed by atoms with Crippen molar-refractivity contribution in [3.05, 3.63) is 48.4 Å². The summed E-state index contributed by atoms with van der Waals surface area (Å²) in [6.45, 7) is 3.13. The van der Waals surface area contributed by atoms with Crippen LogP contribution < -0.4 is 4.90 Å². The van der Waals surface area contributed by atoms with Gasteiger partial charge in [-0.2, -0.15) is 0 Å². The van der Waals surface area contributed by atoms with Crippen LogP contribution in [0.3, 0.4) is 0 Å². The molecule has 0 unspecified atom stereocenters. The van der Waals surface area contributed by atoms with Gasteiger partial charge in [-0.15, -0.1) is 0 Å². The van der Waals surface area contributed by atoms with Crippen molar-refractivity contribution < 1.29 is 4.79 Å². The second-order valence-corrected chi connectivity index (χ2v) is 4.97. The fourth-order valence-electron chi connectivity index (χ4n) is 2.52. The summed E-state index contributed by atoms with van der Waals surface area (Å²) in [5, 5.41) is 0. The topological polar surface area (TPSA) is 41.4 Å². The number of carbonyl (C=O) groups excluding carboxylic acids is 1. The molecule has 2 aromatic rings. The number of amides is 1. The maximum absolute atomic E-state index is 12.4. The first kappa shape index (κ1) is 12.7. The molecule has 1 saturated heterocycles. The molecular weight excluding hydrogens is 252 g/mol. The van der Waals surface area contributed by atoms with Crippen molar-refractivity contribution in [2.45, 2.75) is 0 Å². The molecule has 0 spiro atoms. The van der Waals surface area contributed by atoms with E-state index in [-0.39, 0.29) is 5.91 Å². The Morgan fingerprint density at radius 1 is 1.10 bits per heavy atom. The fourth-order valence-corrected chi connectivity index (χ4v) is 2.52. The number of hydrogen-bond donors (Lipinski definition) is 0. The average Bonchev–Trinajstić information content (AvgIpc) is 2.94. The van der Waals surface area contributed by atoms with Crippen LogP contribution in [0.2, 0.25) is 0 Å². The van der Waals surface area contributed by atoms with Gasteiger partial charge in [0.05, 0.1) is 0 Å². The van der Waals surface area contributed by atoms with E-state index in [1.165, 1.54) is 0 Å². The average molecular weight is 270 g/mol. The monoisotopic (exact) mass is 270 g/mol. The van der Waals surface area contributed by atoms with Gasteiger partial charge >= 0.3 is 0 Å². The van der Waals surface area contributed by atoms with E-state index in [0.29, 0.717) is 0 Å². The highest BCUT2D eigenvalue weighted by molar-refractivity contribution is 5.92. The van der Waals surface area contributed by atoms with E-state index < -0.39 is 0 Å². The first-order valence-electron chi connectivity index (χ1n) is 6.82. The summed E-state index contributed by atoms with van der Waals surface area (Å²) in [4.78, 5) is 20.9. The summed E-state index contributed by atoms with van der Waals surface area (Å²) < 4.78 is 1.87. The lowest BCUT2D eigenvalue weighted by Gasteiger charge is -2.35. The van der Waals surface area contributed by atoms with Gasteiger partial charge in [0.2, 0.25) is 0 Å². The second-order valence-electron chi connectivity index (χ2n) is 4.97. The molecule has 1 aliphatic rings. The van der Waals surface area contributed by atoms with Crippen molar-refractivity contribution in [3.8, 4) is 0 Å². The number of nitrogens with zero attached hydrogens (tertiary/aromatic N) is 4. The van der Waals surface area contributed by atoms with Crippen molar-refractivity contribution in [3.63, 3.8) is 0 Å². The summed E-state index contributed by atoms with van der Waals surface area (Å²) in [5.41, 5.74) is 0.747. The van der Waals surface area contributed by atoms with Crippen LogP contribution in [0, 0.1) is 0 Å². The Morgan fingerprint density at radius 2 is 1.90 bits per heavy atom. The van der Waals surface area contributed by atoms with Crippen LogP contribution in [0.15, 0.2) is 42.7 Å². The Bertz CT molecular complexity index is 585. The molecule has 0 N–H and O–H groups in total. The van der Waals surface area contributed by atoms with Crippen LogP contribution in [0.5, 0.6) is 0 Å². The van der Waals surface area contributed by atoms with E-state index in [2.05, 4.69) is 9.88 Å². The molecule has 5 nitrogen and oxygen atoms in total. The quantitative estimate of drug-likeness (QED) is 0.828. The minimum absolute atomic E-state index is 0.109. The Hall–Kier alpha value is -2.30. The SMILES string of the molecule is Cn1cccc1C(=O)N1CCN(c2ccccn2)CC1. The first-order valence-corrected chi connectivity index (χ1v) is 6.82. The third-order valence-electron chi connectivity index (χ3n) is 3.70. The van der Waals surface area contributed by atoms with E-state index >= 15 is 0 Å². The standard InChI is InChI=1S/C15H18N4O/c1-17-8-4-5-13(17)15(20)19-11-9-18(10-12-19)14-6-2-3-7-16-14/h2-8H,9-12H2,1H3. The van der Waals surface area contributed by atoms with Crippen LogP contribution in [-0.4, -0.2) is 46.5 Å². The third kappa shape index (κ3) is 2.39. The van der Waals surface area contributed by atoms with Gasteiger partial charge in [0.15, 0.2) is 0 Å². The zero-order chi connectivity index (χ0) is 13.9. The van der Waals surface area contributed by atoms with Gasteiger partial charge in [-0.25, -0.2) is 4.98 Å². The zero-order valence-electron chi connectivity index (χ0n) is 11.6. The summed E-state index contributed by atoms with van der Waals surface area (Å²) in [6, 6.07) is 9.68. The second kappa shape index (κ2) is 5.36. The van der Waals surface area contributed by atoms with Gasteiger partial charge < -0.3 is 14.4 Å². The summed E-state index contributed by atoms with van der Waals surface area (Å²) in [5.74, 6) is 1.09. The predicted molar refractivity (Wildman–Crippen MR) is 77.8 cm³/mol. The fraction of sp³-hybridized carbons (Fsp3) is 0.333. The van der Waals surface area contributed by atoms with Crippen molar-refractivity contribution >= 4 is 11.7 Å². The van der Waals surface area contributed by atoms with Crippen molar-refractivity contribution in [1.82, 2.24) is 14.5 Å². The Kier molecular flexibility index (Phi) is 3.41. The number of pyridine rings is 1. The van der Waals surface area contributed by atoms with Gasteiger partial charge in [-0.1, -0.05) is 6.07 Å². The van der Waals surface area contributed by atoms with E-state index in [0.717, 1.165) is 37.7 Å². The molecule has 1 fully saturated rings. The molecular formula is C15H18N4O. The molecule has 0 saturated carbocycles. The maximum Gasteiger partial charge on any atom is 0.270 e. The number of aromatic nitrogens is 2. The minimum Gasteiger partial charge on any atom is -0.353 e. The molecule has 3 rings (SSSR count). The van der Waals surface area contributed by atoms with Crippen molar-refractivity contribution in [2.24, 2.45) is 7.05 Å². The Morgan fingerprint density at radius 3 is 2.50 bits per heavy atom. The normalized spacial score (nSPS) is 15.4. The minimum atomic E-state index is 0.109. The van der Waals surface area contributed by atoms with E-state index in [9.17, 15) is 4.79 Å². The van der Waals surface area contributed by atoms with Gasteiger partial charge in [0.1, 0.15) is 11.5 Å². The van der Waals surface area contributed by atoms with Crippen LogP contribution in [-0.2, 0) is 7.05 Å². The molecule has 0 aromatic carbocycles. The van der Waals surface area contributed by atoms with Crippen LogP contribution in [0.25, 0.3) is 0 Å². The van der Waals surface area contributed by atoms with Crippen molar-refractivity contribution in [2.75, 3.05) is 31.1 Å². The number of piperazine rings is 1. The summed E-state index contributed by atoms with van der Waals surface area (Å²) >= 11 is 0. The Labute approximate surface area is 118 Å². The molecule has 2 aromatic heterocycles.